The van der Waals surface area contributed by atoms with Gasteiger partial charge in [0.25, 0.3) is 0 Å². The third kappa shape index (κ3) is 89.0. The molecule has 4 N–H and O–H groups in total. The molecule has 0 aliphatic rings. The molecule has 0 aliphatic carbocycles. The molecule has 0 amide bonds. The summed E-state index contributed by atoms with van der Waals surface area (Å²) >= 11 is 4.23. The van der Waals surface area contributed by atoms with Crippen LogP contribution >= 0.6 is 19.4 Å². The molecule has 0 fully saturated rings. The van der Waals surface area contributed by atoms with Crippen molar-refractivity contribution in [3.63, 3.8) is 0 Å². The Morgan fingerprint density at radius 2 is 0.504 bits per heavy atom. The number of halogens is 4. The summed E-state index contributed by atoms with van der Waals surface area (Å²) in [6.45, 7) is 15.1. The number of hydrogen-bond donors (Lipinski definition) is 0. The number of aryl methyl sites for hydroxylation is 4. The fraction of sp³-hybridized carbons (Fsp3) is 0.655. The number of aromatic nitrogens is 2. The van der Waals surface area contributed by atoms with Crippen LogP contribution in [0, 0.1) is 7.43 Å². The third-order valence-corrected chi connectivity index (χ3v) is 16.9. The number of nitrogens with zero attached hydrogens (tertiary/aromatic N) is 14. The first-order valence-corrected chi connectivity index (χ1v) is 49.8. The number of alkyl halides is 3. The largest absolute Gasteiger partial charge is 0.679 e. The predicted molar refractivity (Wildman–Crippen MR) is 496 cm³/mol. The molecule has 0 spiro atoms. The van der Waals surface area contributed by atoms with Gasteiger partial charge in [-0.05, 0) is 156 Å². The molecule has 2 aromatic carbocycles. The van der Waals surface area contributed by atoms with E-state index >= 15 is 0 Å². The van der Waals surface area contributed by atoms with E-state index in [0.29, 0.717) is 337 Å². The second-order valence-corrected chi connectivity index (χ2v) is 27.1. The van der Waals surface area contributed by atoms with E-state index in [-0.39, 0.29) is 115 Å². The molecule has 0 atom stereocenters. The Morgan fingerprint density at radius 3 is 0.704 bits per heavy atom. The third-order valence-electron chi connectivity index (χ3n) is 16.9. The van der Waals surface area contributed by atoms with Gasteiger partial charge in [0.15, 0.2) is 23.1 Å². The molecule has 2 heterocycles. The molecule has 0 aliphatic heterocycles. The molecule has 0 bridgehead atoms. The maximum Gasteiger partial charge on any atom is 0.163 e. The van der Waals surface area contributed by atoms with Crippen LogP contribution in [0.2, 0.25) is 0 Å². The number of aliphatic carboxylic acids is 1. The number of rotatable bonds is 82. The van der Waals surface area contributed by atoms with E-state index in [0.717, 1.165) is 22.3 Å². The normalized spacial score (nSPS) is 10.4. The second kappa shape index (κ2) is 102. The average Bonchev–Trinajstić information content (AvgIpc) is 0.839. The van der Waals surface area contributed by atoms with Crippen molar-refractivity contribution >= 4 is 60.0 Å². The summed E-state index contributed by atoms with van der Waals surface area (Å²) in [5.41, 5.74) is 63.3. The number of carbonyl (C=O) groups is 7. The summed E-state index contributed by atoms with van der Waals surface area (Å²) < 4.78 is 119. The van der Waals surface area contributed by atoms with Crippen molar-refractivity contribution in [2.24, 2.45) is 20.5 Å². The standard InChI is InChI=1S/2C40H59N7O11.C2HF3O2.2C2H6N2.CH3.HI.2Pt/c2*41-46-44-13-17-53-21-25-57-29-27-55-23-19-51-15-1-3-38(48)7-5-35-31-36(33-37(32-35)40(50)8-6-34-9-11-43-12-10-34)39(49)4-2-16-52-20-24-56-28-30-58-26-22-54-18-14-45-47-42;3-2(4,5)1(6)7;2*3-1-2-4;;;;/h2*9-12,31-33H,1-8,13-30H2;(H,6,7);2*3-4H,1-2H2;1H3;1H;;/q;;;2*-2;-1;;;+1/p-2. The maximum absolute atomic E-state index is 13.3. The van der Waals surface area contributed by atoms with Crippen LogP contribution in [0.15, 0.2) is 106 Å². The molecule has 4 rings (SSSR count). The molecule has 4 aromatic rings. The smallest absolute Gasteiger partial charge is 0.163 e. The predicted octanol–water partition coefficient (Wildman–Crippen LogP) is 14.6. The van der Waals surface area contributed by atoms with Gasteiger partial charge in [0.2, 0.25) is 0 Å². The summed E-state index contributed by atoms with van der Waals surface area (Å²) in [5, 5.41) is 22.3. The summed E-state index contributed by atoms with van der Waals surface area (Å²) in [6.07, 6.45) is 8.11. The number of benzene rings is 2. The number of hydrogen-bond acceptors (Lipinski definition) is 30. The van der Waals surface area contributed by atoms with Crippen LogP contribution in [0.5, 0.6) is 0 Å². The van der Waals surface area contributed by atoms with Crippen LogP contribution in [0.1, 0.15) is 141 Å². The van der Waals surface area contributed by atoms with Gasteiger partial charge in [-0.15, -0.1) is 0 Å². The molecule has 0 radical (unpaired) electrons. The number of ketones is 6. The number of pyridine rings is 2. The van der Waals surface area contributed by atoms with E-state index in [1.54, 1.807) is 61.2 Å². The van der Waals surface area contributed by atoms with Gasteiger partial charge in [-0.25, -0.2) is 0 Å². The molecule has 769 valence electrons. The number of carboxylic acids is 1. The SMILES string of the molecule is O=C([O-])C(F)(F)F.[CH3-].[I][Pt].[N-]=[N+]=NCCOCCOCCOCCOCCCC(=O)CCc1cc(C(=O)CCCOCCOCCOCCOCCN=[N+]=[N-])cc(C(=O)CCc2ccncc2)c1.[N-]=[N+]=NCCOCCOCCOCCOCCCC(=O)CCc1cc(C(=O)CCCOCCOCCOCCOCCN=[N+]=[N-])cc(C(=O)CCc2ccncc2)c1.[NH-]CC[NH-].[NH-]CC[NH-].[Pt]. The fourth-order valence-electron chi connectivity index (χ4n) is 10.4. The Morgan fingerprint density at radius 1 is 0.319 bits per heavy atom. The molecule has 0 saturated heterocycles. The first kappa shape index (κ1) is 134. The van der Waals surface area contributed by atoms with Gasteiger partial charge in [0, 0.05) is 192 Å². The van der Waals surface area contributed by atoms with Gasteiger partial charge in [0.05, 0.1) is 185 Å². The minimum Gasteiger partial charge on any atom is -0.679 e. The van der Waals surface area contributed by atoms with E-state index in [1.807, 2.05) is 24.3 Å². The molecular formula is C87H133F3IN18O24Pt2-6. The van der Waals surface area contributed by atoms with E-state index < -0.39 is 12.1 Å². The van der Waals surface area contributed by atoms with Crippen molar-refractivity contribution in [3.05, 3.63) is 202 Å². The van der Waals surface area contributed by atoms with Crippen molar-refractivity contribution in [2.75, 3.05) is 264 Å². The van der Waals surface area contributed by atoms with Crippen LogP contribution in [-0.2, 0) is 153 Å². The van der Waals surface area contributed by atoms with Gasteiger partial charge in [0.1, 0.15) is 17.5 Å². The van der Waals surface area contributed by atoms with Crippen LogP contribution in [0.25, 0.3) is 64.7 Å². The molecule has 0 unspecified atom stereocenters. The Balaban J connectivity index is -0.00000107. The Kier molecular flexibility index (Phi) is 102. The minimum absolute atomic E-state index is 0. The maximum atomic E-state index is 13.3. The first-order valence-electron chi connectivity index (χ1n) is 43.3. The van der Waals surface area contributed by atoms with Gasteiger partial charge < -0.3 is 116 Å². The van der Waals surface area contributed by atoms with Gasteiger partial charge >= 0.3 is 41.7 Å². The molecule has 42 nitrogen and oxygen atoms in total. The molecule has 2 aromatic heterocycles. The zero-order chi connectivity index (χ0) is 98.0. The quantitative estimate of drug-likeness (QED) is 0.00753. The summed E-state index contributed by atoms with van der Waals surface area (Å²) in [4.78, 5) is 106. The number of ether oxygens (including phenoxy) is 16. The van der Waals surface area contributed by atoms with Crippen molar-refractivity contribution in [2.45, 2.75) is 109 Å². The van der Waals surface area contributed by atoms with Crippen LogP contribution < -0.4 is 5.11 Å². The van der Waals surface area contributed by atoms with Crippen molar-refractivity contribution in [3.8, 4) is 0 Å². The van der Waals surface area contributed by atoms with Gasteiger partial charge in [-0.3, -0.25) is 38.7 Å². The van der Waals surface area contributed by atoms with Crippen LogP contribution in [0.3, 0.4) is 0 Å². The molecule has 0 saturated carbocycles. The van der Waals surface area contributed by atoms with Crippen molar-refractivity contribution in [1.82, 2.24) is 9.97 Å². The van der Waals surface area contributed by atoms with E-state index in [2.05, 4.69) is 85.6 Å². The summed E-state index contributed by atoms with van der Waals surface area (Å²) in [7, 11) is 0. The Labute approximate surface area is 824 Å². The van der Waals surface area contributed by atoms with Gasteiger partial charge in [-0.1, -0.05) is 20.5 Å². The average molecular weight is 2390 g/mol. The fourth-order valence-corrected chi connectivity index (χ4v) is 10.4. The second-order valence-electron chi connectivity index (χ2n) is 27.1. The minimum atomic E-state index is -5.19. The number of carbonyl (C=O) groups excluding carboxylic acids is 7. The zero-order valence-electron chi connectivity index (χ0n) is 76.9. The Bertz CT molecular complexity index is 3580. The van der Waals surface area contributed by atoms with E-state index in [1.165, 1.54) is 0 Å². The van der Waals surface area contributed by atoms with Crippen LogP contribution in [0.4, 0.5) is 13.2 Å². The summed E-state index contributed by atoms with van der Waals surface area (Å²) in [5.74, 6) is -3.15. The van der Waals surface area contributed by atoms with Crippen LogP contribution in [-0.4, -0.2) is 321 Å². The molecule has 48 heteroatoms. The number of nitrogens with one attached hydrogen (secondary N) is 4. The Hall–Kier alpha value is -7.43. The number of Topliss-reactive ketones (excluding diaryl/α,β-unsaturated/α-hetero) is 6. The number of carboxylic acid groups (broad SMARTS) is 1. The van der Waals surface area contributed by atoms with E-state index in [9.17, 15) is 41.9 Å². The first-order chi connectivity index (χ1) is 64.8. The van der Waals surface area contributed by atoms with Crippen molar-refractivity contribution < 1.29 is 165 Å². The van der Waals surface area contributed by atoms with Gasteiger partial charge in [-0.2, -0.15) is 39.4 Å². The number of azide groups is 4. The summed E-state index contributed by atoms with van der Waals surface area (Å²) in [6, 6.07) is 18.0. The zero-order valence-corrected chi connectivity index (χ0v) is 83.6. The van der Waals surface area contributed by atoms with E-state index in [4.69, 9.17) is 131 Å². The topological polar surface area (TPSA) is 606 Å². The van der Waals surface area contributed by atoms with Crippen molar-refractivity contribution in [1.29, 1.82) is 0 Å². The monoisotopic (exact) mass is 2390 g/mol. The molecule has 135 heavy (non-hydrogen) atoms. The molecular weight excluding hydrogens is 2260 g/mol.